The number of pyridine rings is 1. The topological polar surface area (TPSA) is 12.9 Å². The predicted octanol–water partition coefficient (Wildman–Crippen LogP) is 3.57. The minimum Gasteiger partial charge on any atom is -0.261 e. The molecule has 0 saturated heterocycles. The smallest absolute Gasteiger partial charge is 0.0403 e. The molecule has 0 atom stereocenters. The van der Waals surface area contributed by atoms with E-state index in [1.165, 1.54) is 23.2 Å². The molecule has 1 heteroatoms. The maximum atomic E-state index is 4.33. The van der Waals surface area contributed by atoms with Crippen molar-refractivity contribution in [2.75, 3.05) is 0 Å². The number of aromatic nitrogens is 1. The summed E-state index contributed by atoms with van der Waals surface area (Å²) in [6, 6.07) is 14.7. The van der Waals surface area contributed by atoms with Crippen molar-refractivity contribution in [1.82, 2.24) is 4.98 Å². The summed E-state index contributed by atoms with van der Waals surface area (Å²) in [5.74, 6) is 0. The second-order valence-corrected chi connectivity index (χ2v) is 4.10. The van der Waals surface area contributed by atoms with Gasteiger partial charge >= 0.3 is 0 Å². The van der Waals surface area contributed by atoms with Crippen molar-refractivity contribution < 1.29 is 0 Å². The maximum Gasteiger partial charge on any atom is 0.0403 e. The molecule has 0 bridgehead atoms. The molecule has 0 aliphatic carbocycles. The lowest BCUT2D eigenvalue weighted by atomic mass is 10.0. The number of hydrogen-bond donors (Lipinski definition) is 0. The van der Waals surface area contributed by atoms with Gasteiger partial charge in [0, 0.05) is 11.9 Å². The average Bonchev–Trinajstić information content (AvgIpc) is 2.33. The number of benzene rings is 1. The van der Waals surface area contributed by atoms with Crippen LogP contribution < -0.4 is 0 Å². The van der Waals surface area contributed by atoms with Crippen LogP contribution in [0.2, 0.25) is 0 Å². The van der Waals surface area contributed by atoms with Gasteiger partial charge < -0.3 is 0 Å². The van der Waals surface area contributed by atoms with Gasteiger partial charge in [-0.3, -0.25) is 4.98 Å². The molecule has 0 radical (unpaired) electrons. The fourth-order valence-corrected chi connectivity index (χ4v) is 1.90. The fraction of sp³-hybridized carbons (Fsp3) is 0.267. The van der Waals surface area contributed by atoms with Gasteiger partial charge in [0.05, 0.1) is 0 Å². The highest BCUT2D eigenvalue weighted by atomic mass is 14.7. The van der Waals surface area contributed by atoms with Gasteiger partial charge in [0.1, 0.15) is 0 Å². The summed E-state index contributed by atoms with van der Waals surface area (Å²) in [6.07, 6.45) is 5.24. The summed E-state index contributed by atoms with van der Waals surface area (Å²) in [7, 11) is 0. The fourth-order valence-electron chi connectivity index (χ4n) is 1.90. The average molecular weight is 211 g/mol. The Balaban J connectivity index is 1.87. The van der Waals surface area contributed by atoms with Crippen molar-refractivity contribution in [2.24, 2.45) is 0 Å². The molecular formula is C15H17N. The van der Waals surface area contributed by atoms with E-state index in [1.807, 2.05) is 12.3 Å². The van der Waals surface area contributed by atoms with Crippen LogP contribution in [0.5, 0.6) is 0 Å². The highest BCUT2D eigenvalue weighted by Crippen LogP contribution is 2.11. The van der Waals surface area contributed by atoms with Gasteiger partial charge in [0.25, 0.3) is 0 Å². The van der Waals surface area contributed by atoms with E-state index in [2.05, 4.69) is 48.3 Å². The first-order chi connectivity index (χ1) is 7.86. The van der Waals surface area contributed by atoms with Gasteiger partial charge in [0.2, 0.25) is 0 Å². The first kappa shape index (κ1) is 10.9. The monoisotopic (exact) mass is 211 g/mol. The maximum absolute atomic E-state index is 4.33. The van der Waals surface area contributed by atoms with Crippen molar-refractivity contribution in [3.63, 3.8) is 0 Å². The molecule has 0 spiro atoms. The quantitative estimate of drug-likeness (QED) is 0.753. The summed E-state index contributed by atoms with van der Waals surface area (Å²) in [5.41, 5.74) is 4.04. The number of rotatable bonds is 4. The molecule has 0 aliphatic heterocycles. The second kappa shape index (κ2) is 5.45. The van der Waals surface area contributed by atoms with Gasteiger partial charge in [0.15, 0.2) is 0 Å². The molecule has 2 rings (SSSR count). The lowest BCUT2D eigenvalue weighted by Gasteiger charge is -2.04. The van der Waals surface area contributed by atoms with Crippen molar-refractivity contribution in [2.45, 2.75) is 26.2 Å². The minimum absolute atomic E-state index is 1.06. The molecule has 1 aromatic carbocycles. The molecule has 1 heterocycles. The van der Waals surface area contributed by atoms with Crippen LogP contribution in [0.1, 0.15) is 23.2 Å². The molecule has 0 aliphatic rings. The summed E-state index contributed by atoms with van der Waals surface area (Å²) in [4.78, 5) is 4.33. The molecule has 1 nitrogen and oxygen atoms in total. The van der Waals surface area contributed by atoms with Gasteiger partial charge in [-0.25, -0.2) is 0 Å². The molecule has 0 amide bonds. The second-order valence-electron chi connectivity index (χ2n) is 4.10. The number of nitrogens with zero attached hydrogens (tertiary/aromatic N) is 1. The normalized spacial score (nSPS) is 10.3. The Morgan fingerprint density at radius 3 is 2.50 bits per heavy atom. The Labute approximate surface area is 97.2 Å². The van der Waals surface area contributed by atoms with E-state index in [9.17, 15) is 0 Å². The van der Waals surface area contributed by atoms with Gasteiger partial charge in [-0.05, 0) is 49.4 Å². The van der Waals surface area contributed by atoms with E-state index in [0.29, 0.717) is 0 Å². The van der Waals surface area contributed by atoms with E-state index in [-0.39, 0.29) is 0 Å². The van der Waals surface area contributed by atoms with E-state index < -0.39 is 0 Å². The molecule has 82 valence electrons. The Morgan fingerprint density at radius 1 is 0.938 bits per heavy atom. The van der Waals surface area contributed by atoms with Crippen molar-refractivity contribution >= 4 is 0 Å². The van der Waals surface area contributed by atoms with E-state index in [4.69, 9.17) is 0 Å². The Morgan fingerprint density at radius 2 is 1.75 bits per heavy atom. The lowest BCUT2D eigenvalue weighted by molar-refractivity contribution is 0.795. The molecule has 0 saturated carbocycles. The van der Waals surface area contributed by atoms with Crippen LogP contribution in [-0.2, 0) is 12.8 Å². The molecule has 16 heavy (non-hydrogen) atoms. The van der Waals surface area contributed by atoms with E-state index in [1.54, 1.807) is 0 Å². The van der Waals surface area contributed by atoms with Crippen LogP contribution in [-0.4, -0.2) is 4.98 Å². The van der Waals surface area contributed by atoms with Crippen LogP contribution in [0.25, 0.3) is 0 Å². The highest BCUT2D eigenvalue weighted by molar-refractivity contribution is 5.25. The van der Waals surface area contributed by atoms with E-state index >= 15 is 0 Å². The van der Waals surface area contributed by atoms with Gasteiger partial charge in [-0.15, -0.1) is 0 Å². The summed E-state index contributed by atoms with van der Waals surface area (Å²) in [6.45, 7) is 2.18. The highest BCUT2D eigenvalue weighted by Gasteiger charge is 1.98. The molecule has 0 unspecified atom stereocenters. The van der Waals surface area contributed by atoms with Crippen molar-refractivity contribution in [3.05, 3.63) is 65.5 Å². The SMILES string of the molecule is Cc1ccccc1CCCc1ccccn1. The summed E-state index contributed by atoms with van der Waals surface area (Å²) < 4.78 is 0. The van der Waals surface area contributed by atoms with Crippen LogP contribution in [0.4, 0.5) is 0 Å². The number of aryl methyl sites for hydroxylation is 3. The third kappa shape index (κ3) is 2.93. The van der Waals surface area contributed by atoms with Crippen LogP contribution in [0, 0.1) is 6.92 Å². The summed E-state index contributed by atoms with van der Waals surface area (Å²) >= 11 is 0. The van der Waals surface area contributed by atoms with Crippen LogP contribution in [0.3, 0.4) is 0 Å². The zero-order valence-corrected chi connectivity index (χ0v) is 9.69. The molecule has 1 aromatic heterocycles. The number of hydrogen-bond acceptors (Lipinski definition) is 1. The van der Waals surface area contributed by atoms with Crippen molar-refractivity contribution in [3.8, 4) is 0 Å². The zero-order chi connectivity index (χ0) is 11.2. The Bertz CT molecular complexity index is 434. The third-order valence-corrected chi connectivity index (χ3v) is 2.87. The summed E-state index contributed by atoms with van der Waals surface area (Å²) in [5, 5.41) is 0. The minimum atomic E-state index is 1.06. The lowest BCUT2D eigenvalue weighted by Crippen LogP contribution is -1.94. The molecule has 2 aromatic rings. The van der Waals surface area contributed by atoms with Crippen LogP contribution in [0.15, 0.2) is 48.7 Å². The largest absolute Gasteiger partial charge is 0.261 e. The Hall–Kier alpha value is -1.63. The molecule has 0 fully saturated rings. The van der Waals surface area contributed by atoms with E-state index in [0.717, 1.165) is 12.8 Å². The van der Waals surface area contributed by atoms with Gasteiger partial charge in [-0.2, -0.15) is 0 Å². The molecular weight excluding hydrogens is 194 g/mol. The van der Waals surface area contributed by atoms with Crippen molar-refractivity contribution in [1.29, 1.82) is 0 Å². The Kier molecular flexibility index (Phi) is 3.71. The first-order valence-corrected chi connectivity index (χ1v) is 5.80. The van der Waals surface area contributed by atoms with Crippen LogP contribution >= 0.6 is 0 Å². The van der Waals surface area contributed by atoms with Gasteiger partial charge in [-0.1, -0.05) is 30.3 Å². The first-order valence-electron chi connectivity index (χ1n) is 5.80. The molecule has 0 N–H and O–H groups in total. The predicted molar refractivity (Wildman–Crippen MR) is 67.4 cm³/mol. The third-order valence-electron chi connectivity index (χ3n) is 2.87. The standard InChI is InChI=1S/C15H17N/c1-13-7-2-3-8-14(13)9-6-11-15-10-4-5-12-16-15/h2-5,7-8,10,12H,6,9,11H2,1H3. The zero-order valence-electron chi connectivity index (χ0n) is 9.69.